The van der Waals surface area contributed by atoms with Crippen LogP contribution >= 0.6 is 11.6 Å². The van der Waals surface area contributed by atoms with Crippen LogP contribution in [-0.4, -0.2) is 41.0 Å². The molecule has 8 heteroatoms. The van der Waals surface area contributed by atoms with Gasteiger partial charge in [-0.2, -0.15) is 5.26 Å². The number of nitrogens with one attached hydrogen (secondary N) is 1. The van der Waals surface area contributed by atoms with E-state index in [1.54, 1.807) is 17.2 Å². The Morgan fingerprint density at radius 2 is 2.15 bits per heavy atom. The number of methoxy groups -OCH3 is 1. The van der Waals surface area contributed by atoms with Crippen molar-refractivity contribution in [3.05, 3.63) is 46.9 Å². The Morgan fingerprint density at radius 3 is 2.78 bits per heavy atom. The van der Waals surface area contributed by atoms with E-state index in [0.29, 0.717) is 22.5 Å². The molecular formula is C19H20ClN5O2. The van der Waals surface area contributed by atoms with E-state index in [1.807, 2.05) is 12.1 Å². The Hall–Kier alpha value is -2.85. The number of piperidine rings is 1. The molecule has 1 aliphatic heterocycles. The predicted molar refractivity (Wildman–Crippen MR) is 102 cm³/mol. The molecule has 3 rings (SSSR count). The third kappa shape index (κ3) is 4.86. The number of aromatic nitrogens is 2. The van der Waals surface area contributed by atoms with Crippen LogP contribution in [0.4, 0.5) is 5.82 Å². The number of nitriles is 1. The van der Waals surface area contributed by atoms with Crippen LogP contribution in [0.15, 0.2) is 30.6 Å². The van der Waals surface area contributed by atoms with Gasteiger partial charge >= 0.3 is 0 Å². The van der Waals surface area contributed by atoms with E-state index >= 15 is 0 Å². The van der Waals surface area contributed by atoms with Gasteiger partial charge in [-0.15, -0.1) is 0 Å². The maximum atomic E-state index is 12.2. The molecule has 1 amide bonds. The van der Waals surface area contributed by atoms with Crippen molar-refractivity contribution in [1.82, 2.24) is 14.9 Å². The monoisotopic (exact) mass is 385 g/mol. The number of carbonyl (C=O) groups excluding carboxylic acids is 1. The van der Waals surface area contributed by atoms with Crippen LogP contribution in [0.2, 0.25) is 5.02 Å². The van der Waals surface area contributed by atoms with Gasteiger partial charge in [0, 0.05) is 37.0 Å². The number of rotatable bonds is 5. The lowest BCUT2D eigenvalue weighted by Gasteiger charge is -2.27. The van der Waals surface area contributed by atoms with Crippen molar-refractivity contribution in [2.45, 2.75) is 25.2 Å². The topological polar surface area (TPSA) is 91.1 Å². The molecule has 0 aliphatic carbocycles. The lowest BCUT2D eigenvalue weighted by Crippen LogP contribution is -2.29. The molecule has 0 unspecified atom stereocenters. The first-order valence-electron chi connectivity index (χ1n) is 8.68. The number of ether oxygens (including phenoxy) is 1. The molecule has 1 saturated heterocycles. The average Bonchev–Trinajstić information content (AvgIpc) is 2.70. The highest BCUT2D eigenvalue weighted by Crippen LogP contribution is 2.27. The zero-order valence-corrected chi connectivity index (χ0v) is 15.7. The first-order valence-corrected chi connectivity index (χ1v) is 9.05. The highest BCUT2D eigenvalue weighted by Gasteiger charge is 2.20. The van der Waals surface area contributed by atoms with E-state index in [1.165, 1.54) is 13.3 Å². The molecular weight excluding hydrogens is 366 g/mol. The van der Waals surface area contributed by atoms with Crippen molar-refractivity contribution in [3.63, 3.8) is 0 Å². The minimum absolute atomic E-state index is 0.191. The smallest absolute Gasteiger partial charge is 0.230 e. The summed E-state index contributed by atoms with van der Waals surface area (Å²) in [5.74, 6) is 1.01. The fourth-order valence-corrected chi connectivity index (χ4v) is 3.26. The van der Waals surface area contributed by atoms with Gasteiger partial charge in [0.15, 0.2) is 6.19 Å². The van der Waals surface area contributed by atoms with Gasteiger partial charge in [0.2, 0.25) is 5.91 Å². The third-order valence-corrected chi connectivity index (χ3v) is 4.86. The molecule has 1 aliphatic rings. The van der Waals surface area contributed by atoms with Gasteiger partial charge in [-0.3, -0.25) is 9.78 Å². The molecule has 3 heterocycles. The van der Waals surface area contributed by atoms with Crippen LogP contribution in [0.5, 0.6) is 5.75 Å². The molecule has 1 N–H and O–H groups in total. The molecule has 1 fully saturated rings. The quantitative estimate of drug-likeness (QED) is 0.795. The summed E-state index contributed by atoms with van der Waals surface area (Å²) >= 11 is 5.93. The Kier molecular flexibility index (Phi) is 6.09. The molecule has 0 atom stereocenters. The van der Waals surface area contributed by atoms with Crippen molar-refractivity contribution in [3.8, 4) is 11.9 Å². The van der Waals surface area contributed by atoms with Crippen LogP contribution in [0, 0.1) is 11.5 Å². The van der Waals surface area contributed by atoms with Gasteiger partial charge < -0.3 is 15.0 Å². The fourth-order valence-electron chi connectivity index (χ4n) is 3.07. The molecule has 2 aromatic heterocycles. The Labute approximate surface area is 162 Å². The fraction of sp³-hybridized carbons (Fsp3) is 0.368. The summed E-state index contributed by atoms with van der Waals surface area (Å²) in [5.41, 5.74) is 1.84. The average molecular weight is 386 g/mol. The molecule has 7 nitrogen and oxygen atoms in total. The van der Waals surface area contributed by atoms with Gasteiger partial charge in [0.05, 0.1) is 19.7 Å². The Morgan fingerprint density at radius 1 is 1.37 bits per heavy atom. The van der Waals surface area contributed by atoms with Crippen molar-refractivity contribution in [2.75, 3.05) is 25.5 Å². The number of hydrogen-bond donors (Lipinski definition) is 1. The first kappa shape index (κ1) is 18.9. The summed E-state index contributed by atoms with van der Waals surface area (Å²) < 4.78 is 5.12. The van der Waals surface area contributed by atoms with Crippen LogP contribution in [0.25, 0.3) is 0 Å². The minimum Gasteiger partial charge on any atom is -0.495 e. The molecule has 2 aromatic rings. The van der Waals surface area contributed by atoms with Crippen LogP contribution in [0.3, 0.4) is 0 Å². The number of likely N-dealkylation sites (tertiary alicyclic amines) is 1. The summed E-state index contributed by atoms with van der Waals surface area (Å²) in [5, 5.41) is 12.0. The Bertz CT molecular complexity index is 842. The molecule has 27 heavy (non-hydrogen) atoms. The molecule has 140 valence electrons. The van der Waals surface area contributed by atoms with E-state index in [9.17, 15) is 4.79 Å². The second kappa shape index (κ2) is 8.69. The molecule has 0 aromatic carbocycles. The molecule has 0 saturated carbocycles. The third-order valence-electron chi connectivity index (χ3n) is 4.57. The van der Waals surface area contributed by atoms with E-state index in [2.05, 4.69) is 21.5 Å². The van der Waals surface area contributed by atoms with E-state index in [0.717, 1.165) is 37.2 Å². The largest absolute Gasteiger partial charge is 0.495 e. The van der Waals surface area contributed by atoms with E-state index in [-0.39, 0.29) is 12.3 Å². The minimum atomic E-state index is -0.191. The van der Waals surface area contributed by atoms with Gasteiger partial charge in [-0.1, -0.05) is 17.7 Å². The standard InChI is InChI=1S/C19H20ClN5O2/c1-27-17-9-18(23-11-15(17)20)24-19(26)8-13-2-3-16(22-10-13)14-4-6-25(12-21)7-5-14/h2-3,9-11,14H,4-8H2,1H3,(H,23,24,26). The number of halogens is 1. The zero-order valence-electron chi connectivity index (χ0n) is 15.0. The lowest BCUT2D eigenvalue weighted by atomic mass is 9.93. The van der Waals surface area contributed by atoms with Crippen LogP contribution in [-0.2, 0) is 11.2 Å². The van der Waals surface area contributed by atoms with Crippen molar-refractivity contribution in [2.24, 2.45) is 0 Å². The maximum Gasteiger partial charge on any atom is 0.230 e. The number of anilines is 1. The summed E-state index contributed by atoms with van der Waals surface area (Å²) in [6.45, 7) is 1.54. The van der Waals surface area contributed by atoms with Crippen LogP contribution < -0.4 is 10.1 Å². The number of hydrogen-bond acceptors (Lipinski definition) is 6. The first-order chi connectivity index (χ1) is 13.1. The predicted octanol–water partition coefficient (Wildman–Crippen LogP) is 2.98. The summed E-state index contributed by atoms with van der Waals surface area (Å²) in [7, 11) is 1.50. The van der Waals surface area contributed by atoms with Gasteiger partial charge in [-0.05, 0) is 24.5 Å². The molecule has 0 bridgehead atoms. The molecule has 0 spiro atoms. The highest BCUT2D eigenvalue weighted by molar-refractivity contribution is 6.32. The summed E-state index contributed by atoms with van der Waals surface area (Å²) in [4.78, 5) is 22.6. The Balaban J connectivity index is 1.56. The second-order valence-corrected chi connectivity index (χ2v) is 6.79. The number of pyridine rings is 2. The normalized spacial score (nSPS) is 14.5. The van der Waals surface area contributed by atoms with E-state index < -0.39 is 0 Å². The number of carbonyl (C=O) groups is 1. The van der Waals surface area contributed by atoms with Gasteiger partial charge in [-0.25, -0.2) is 4.98 Å². The lowest BCUT2D eigenvalue weighted by molar-refractivity contribution is -0.115. The van der Waals surface area contributed by atoms with Gasteiger partial charge in [0.25, 0.3) is 0 Å². The summed E-state index contributed by atoms with van der Waals surface area (Å²) in [6, 6.07) is 5.47. The van der Waals surface area contributed by atoms with Gasteiger partial charge in [0.1, 0.15) is 16.6 Å². The molecule has 0 radical (unpaired) electrons. The van der Waals surface area contributed by atoms with Crippen LogP contribution in [0.1, 0.15) is 30.0 Å². The van der Waals surface area contributed by atoms with Crippen molar-refractivity contribution in [1.29, 1.82) is 5.26 Å². The summed E-state index contributed by atoms with van der Waals surface area (Å²) in [6.07, 6.45) is 7.40. The maximum absolute atomic E-state index is 12.2. The van der Waals surface area contributed by atoms with Crippen molar-refractivity contribution >= 4 is 23.3 Å². The number of nitrogens with zero attached hydrogens (tertiary/aromatic N) is 4. The second-order valence-electron chi connectivity index (χ2n) is 6.38. The zero-order chi connectivity index (χ0) is 19.2. The number of amides is 1. The van der Waals surface area contributed by atoms with E-state index in [4.69, 9.17) is 21.6 Å². The highest BCUT2D eigenvalue weighted by atomic mass is 35.5. The van der Waals surface area contributed by atoms with Crippen molar-refractivity contribution < 1.29 is 9.53 Å². The SMILES string of the molecule is COc1cc(NC(=O)Cc2ccc(C3CCN(C#N)CC3)nc2)ncc1Cl.